The molecule has 2 fully saturated rings. The highest BCUT2D eigenvalue weighted by molar-refractivity contribution is 6.35. The summed E-state index contributed by atoms with van der Waals surface area (Å²) in [4.78, 5) is 28.9. The molecule has 0 amide bonds. The van der Waals surface area contributed by atoms with Gasteiger partial charge in [0.15, 0.2) is 16.9 Å². The molecular weight excluding hydrogens is 738 g/mol. The molecule has 15 heteroatoms. The van der Waals surface area contributed by atoms with Crippen LogP contribution in [0.5, 0.6) is 5.75 Å². The molecule has 10 rings (SSSR count). The van der Waals surface area contributed by atoms with Crippen molar-refractivity contribution in [1.29, 1.82) is 0 Å². The molecule has 0 radical (unpaired) electrons. The fourth-order valence-electron chi connectivity index (χ4n) is 8.43. The Balaban J connectivity index is 1.08. The molecule has 288 valence electrons. The minimum Gasteiger partial charge on any atom is -0.507 e. The standard InChI is InChI=1S/C42H42ClN13O/c1-23-21-56-42(48-23)32(16-36(51-56)34-6-5-24-13-28(19-46-40(24)49-34)54(3)26-7-10-44-11-8-26)37-38-25(22-53(2)52-38)14-31(39(37)57)35-17-33(43)30-15-29(20-47-41(30)50-35)55(4)27-9-12-45-18-27/h5-6,13-17,19-22,26-27,44-45,57H,7-12,18H2,1-4H3. The molecule has 2 aliphatic rings. The molecule has 0 bridgehead atoms. The number of hydrogen-bond donors (Lipinski definition) is 3. The summed E-state index contributed by atoms with van der Waals surface area (Å²) < 4.78 is 3.48. The van der Waals surface area contributed by atoms with Gasteiger partial charge in [-0.1, -0.05) is 11.6 Å². The summed E-state index contributed by atoms with van der Waals surface area (Å²) in [7, 11) is 6.09. The number of aromatic hydroxyl groups is 1. The maximum atomic E-state index is 12.4. The Labute approximate surface area is 333 Å². The second-order valence-electron chi connectivity index (χ2n) is 15.3. The van der Waals surface area contributed by atoms with E-state index in [0.717, 1.165) is 78.7 Å². The average molecular weight is 780 g/mol. The van der Waals surface area contributed by atoms with Gasteiger partial charge >= 0.3 is 0 Å². The van der Waals surface area contributed by atoms with Gasteiger partial charge < -0.3 is 25.5 Å². The predicted octanol–water partition coefficient (Wildman–Crippen LogP) is 6.16. The molecule has 2 saturated heterocycles. The zero-order valence-electron chi connectivity index (χ0n) is 32.2. The summed E-state index contributed by atoms with van der Waals surface area (Å²) >= 11 is 7.00. The van der Waals surface area contributed by atoms with Crippen LogP contribution < -0.4 is 20.4 Å². The van der Waals surface area contributed by atoms with E-state index in [4.69, 9.17) is 46.7 Å². The van der Waals surface area contributed by atoms with Crippen molar-refractivity contribution in [3.63, 3.8) is 0 Å². The first-order valence-corrected chi connectivity index (χ1v) is 19.7. The van der Waals surface area contributed by atoms with Crippen molar-refractivity contribution < 1.29 is 5.11 Å². The van der Waals surface area contributed by atoms with E-state index in [1.807, 2.05) is 69.1 Å². The lowest BCUT2D eigenvalue weighted by Crippen LogP contribution is -2.41. The number of fused-ring (bicyclic) bond motifs is 4. The van der Waals surface area contributed by atoms with Gasteiger partial charge in [0.1, 0.15) is 17.0 Å². The summed E-state index contributed by atoms with van der Waals surface area (Å²) in [6, 6.07) is 14.7. The maximum absolute atomic E-state index is 12.4. The number of anilines is 2. The van der Waals surface area contributed by atoms with Crippen molar-refractivity contribution in [2.45, 2.75) is 38.3 Å². The van der Waals surface area contributed by atoms with E-state index < -0.39 is 0 Å². The lowest BCUT2D eigenvalue weighted by atomic mass is 9.96. The topological polar surface area (TPSA) is 150 Å². The van der Waals surface area contributed by atoms with Crippen molar-refractivity contribution in [2.24, 2.45) is 7.05 Å². The van der Waals surface area contributed by atoms with Crippen LogP contribution in [-0.2, 0) is 7.05 Å². The third-order valence-corrected chi connectivity index (χ3v) is 11.9. The number of likely N-dealkylation sites (N-methyl/N-ethyl adjacent to an activating group) is 1. The third-order valence-electron chi connectivity index (χ3n) is 11.6. The number of hydrogen-bond acceptors (Lipinski definition) is 12. The van der Waals surface area contributed by atoms with Crippen LogP contribution in [-0.4, -0.2) is 102 Å². The van der Waals surface area contributed by atoms with E-state index in [-0.39, 0.29) is 5.75 Å². The highest BCUT2D eigenvalue weighted by Gasteiger charge is 2.26. The number of nitrogens with zero attached hydrogens (tertiary/aromatic N) is 11. The number of nitrogens with one attached hydrogen (secondary N) is 2. The highest BCUT2D eigenvalue weighted by atomic mass is 35.5. The molecular formula is C42H42ClN13O. The maximum Gasteiger partial charge on any atom is 0.161 e. The van der Waals surface area contributed by atoms with E-state index in [1.165, 1.54) is 0 Å². The van der Waals surface area contributed by atoms with E-state index >= 15 is 0 Å². The number of imidazole rings is 1. The minimum absolute atomic E-state index is 0.00700. The number of pyridine rings is 4. The average Bonchev–Trinajstić information content (AvgIpc) is 3.99. The molecule has 0 saturated carbocycles. The number of aromatic nitrogens is 9. The van der Waals surface area contributed by atoms with Gasteiger partial charge in [0.05, 0.1) is 57.6 Å². The number of rotatable bonds is 7. The summed E-state index contributed by atoms with van der Waals surface area (Å²) in [6.45, 7) is 5.89. The second-order valence-corrected chi connectivity index (χ2v) is 15.7. The largest absolute Gasteiger partial charge is 0.507 e. The van der Waals surface area contributed by atoms with Crippen molar-refractivity contribution in [3.05, 3.63) is 78.0 Å². The number of benzene rings is 1. The van der Waals surface area contributed by atoms with E-state index in [9.17, 15) is 5.11 Å². The van der Waals surface area contributed by atoms with Crippen molar-refractivity contribution in [2.75, 3.05) is 50.1 Å². The molecule has 7 aromatic heterocycles. The molecule has 0 aliphatic carbocycles. The van der Waals surface area contributed by atoms with Crippen LogP contribution in [0.15, 0.2) is 67.3 Å². The first-order valence-electron chi connectivity index (χ1n) is 19.4. The normalized spacial score (nSPS) is 16.4. The lowest BCUT2D eigenvalue weighted by Gasteiger charge is -2.33. The molecule has 3 N–H and O–H groups in total. The zero-order chi connectivity index (χ0) is 38.9. The van der Waals surface area contributed by atoms with Crippen LogP contribution >= 0.6 is 11.6 Å². The Kier molecular flexibility index (Phi) is 8.65. The van der Waals surface area contributed by atoms with Crippen molar-refractivity contribution in [3.8, 4) is 39.5 Å². The summed E-state index contributed by atoms with van der Waals surface area (Å²) in [6.07, 6.45) is 10.8. The number of halogens is 1. The Morgan fingerprint density at radius 2 is 1.49 bits per heavy atom. The van der Waals surface area contributed by atoms with Gasteiger partial charge in [-0.2, -0.15) is 10.2 Å². The predicted molar refractivity (Wildman–Crippen MR) is 225 cm³/mol. The van der Waals surface area contributed by atoms with Gasteiger partial charge in [0, 0.05) is 73.3 Å². The molecule has 1 unspecified atom stereocenters. The van der Waals surface area contributed by atoms with Gasteiger partial charge in [-0.05, 0) is 88.3 Å². The minimum atomic E-state index is -0.00700. The summed E-state index contributed by atoms with van der Waals surface area (Å²) in [5.74, 6) is -0.00700. The van der Waals surface area contributed by atoms with E-state index in [1.54, 1.807) is 15.3 Å². The van der Waals surface area contributed by atoms with Gasteiger partial charge in [-0.15, -0.1) is 0 Å². The first kappa shape index (κ1) is 35.5. The fraction of sp³-hybridized carbons (Fsp3) is 0.310. The molecule has 57 heavy (non-hydrogen) atoms. The number of phenolic OH excluding ortho intramolecular Hbond substituents is 1. The SMILES string of the molecule is Cc1cn2nc(-c3ccc4cc(N(C)C5CCNCC5)cnc4n3)cc(-c3c(O)c(-c4cc(Cl)c5cc(N(C)C6CCNC6)cnc5n4)cc4cn(C)nc34)c2n1. The molecule has 9 heterocycles. The van der Waals surface area contributed by atoms with Crippen LogP contribution in [0.2, 0.25) is 5.02 Å². The summed E-state index contributed by atoms with van der Waals surface area (Å²) in [5, 5.41) is 32.0. The van der Waals surface area contributed by atoms with Gasteiger partial charge in [-0.3, -0.25) is 4.68 Å². The Hall–Kier alpha value is -5.96. The monoisotopic (exact) mass is 779 g/mol. The molecule has 2 aliphatic heterocycles. The Bertz CT molecular complexity index is 2860. The number of phenols is 1. The molecule has 0 spiro atoms. The summed E-state index contributed by atoms with van der Waals surface area (Å²) in [5.41, 5.74) is 8.47. The molecule has 1 aromatic carbocycles. The van der Waals surface area contributed by atoms with E-state index in [2.05, 4.69) is 40.6 Å². The highest BCUT2D eigenvalue weighted by Crippen LogP contribution is 2.45. The van der Waals surface area contributed by atoms with Gasteiger partial charge in [0.2, 0.25) is 0 Å². The van der Waals surface area contributed by atoms with Crippen LogP contribution in [0.1, 0.15) is 25.0 Å². The van der Waals surface area contributed by atoms with Gasteiger partial charge in [-0.25, -0.2) is 29.4 Å². The number of aryl methyl sites for hydroxylation is 2. The van der Waals surface area contributed by atoms with Crippen LogP contribution in [0, 0.1) is 6.92 Å². The lowest BCUT2D eigenvalue weighted by molar-refractivity contribution is 0.443. The van der Waals surface area contributed by atoms with Crippen molar-refractivity contribution in [1.82, 2.24) is 54.9 Å². The quantitative estimate of drug-likeness (QED) is 0.170. The van der Waals surface area contributed by atoms with Crippen LogP contribution in [0.4, 0.5) is 11.4 Å². The Morgan fingerprint density at radius 3 is 2.30 bits per heavy atom. The smallest absolute Gasteiger partial charge is 0.161 e. The van der Waals surface area contributed by atoms with Crippen LogP contribution in [0.25, 0.3) is 72.4 Å². The van der Waals surface area contributed by atoms with E-state index in [0.29, 0.717) is 73.3 Å². The van der Waals surface area contributed by atoms with Crippen LogP contribution in [0.3, 0.4) is 0 Å². The Morgan fingerprint density at radius 1 is 0.754 bits per heavy atom. The zero-order valence-corrected chi connectivity index (χ0v) is 33.0. The molecule has 14 nitrogen and oxygen atoms in total. The second kappa shape index (κ2) is 13.9. The molecule has 8 aromatic rings. The molecule has 1 atom stereocenters. The fourth-order valence-corrected chi connectivity index (χ4v) is 8.68. The third kappa shape index (κ3) is 6.24. The van der Waals surface area contributed by atoms with Gasteiger partial charge in [0.25, 0.3) is 0 Å². The van der Waals surface area contributed by atoms with Crippen molar-refractivity contribution >= 4 is 61.6 Å². The number of piperidine rings is 1. The first-order chi connectivity index (χ1) is 27.7.